The van der Waals surface area contributed by atoms with Crippen LogP contribution in [0.2, 0.25) is 0 Å². The number of benzene rings is 4. The second-order valence-electron chi connectivity index (χ2n) is 10.5. The molecule has 0 aliphatic heterocycles. The van der Waals surface area contributed by atoms with Gasteiger partial charge in [0.05, 0.1) is 0 Å². The van der Waals surface area contributed by atoms with Gasteiger partial charge in [0.2, 0.25) is 0 Å². The lowest BCUT2D eigenvalue weighted by Gasteiger charge is -2.27. The molecule has 1 atom stereocenters. The number of aliphatic hydroxyl groups is 1. The van der Waals surface area contributed by atoms with Crippen LogP contribution >= 0.6 is 0 Å². The molecule has 4 aromatic carbocycles. The van der Waals surface area contributed by atoms with Gasteiger partial charge in [0.15, 0.2) is 0 Å². The van der Waals surface area contributed by atoms with Crippen molar-refractivity contribution in [3.63, 3.8) is 0 Å². The Morgan fingerprint density at radius 2 is 0.955 bits per heavy atom. The van der Waals surface area contributed by atoms with E-state index in [0.717, 1.165) is 52.3 Å². The van der Waals surface area contributed by atoms with Crippen molar-refractivity contribution in [3.8, 4) is 0 Å². The molecule has 0 radical (unpaired) electrons. The molecule has 44 heavy (non-hydrogen) atoms. The molecule has 0 aromatic heterocycles. The molecule has 1 N–H and O–H groups in total. The zero-order chi connectivity index (χ0) is 31.2. The fourth-order valence-electron chi connectivity index (χ4n) is 5.28. The van der Waals surface area contributed by atoms with Crippen molar-refractivity contribution in [1.82, 2.24) is 0 Å². The molecule has 0 aliphatic carbocycles. The third-order valence-corrected chi connectivity index (χ3v) is 7.51. The average molecular weight is 579 g/mol. The zero-order valence-corrected chi connectivity index (χ0v) is 25.4. The first-order valence-electron chi connectivity index (χ1n) is 14.9. The van der Waals surface area contributed by atoms with Gasteiger partial charge in [-0.2, -0.15) is 0 Å². The van der Waals surface area contributed by atoms with Crippen molar-refractivity contribution in [2.45, 2.75) is 5.60 Å². The van der Waals surface area contributed by atoms with Crippen LogP contribution in [0, 0.1) is 0 Å². The summed E-state index contributed by atoms with van der Waals surface area (Å²) in [5, 5.41) is 12.3. The zero-order valence-electron chi connectivity index (χ0n) is 25.4. The Morgan fingerprint density at radius 3 is 1.43 bits per heavy atom. The molecule has 0 saturated heterocycles. The molecule has 0 aliphatic rings. The smallest absolute Gasteiger partial charge is 0.133 e. The molecule has 222 valence electrons. The number of hydrogen-bond donors (Lipinski definition) is 1. The van der Waals surface area contributed by atoms with E-state index in [1.165, 1.54) is 0 Å². The summed E-state index contributed by atoms with van der Waals surface area (Å²) in [7, 11) is 0. The van der Waals surface area contributed by atoms with Crippen molar-refractivity contribution >= 4 is 16.9 Å². The Balaban J connectivity index is 1.74. The summed E-state index contributed by atoms with van der Waals surface area (Å²) in [5.74, 6) is 0. The summed E-state index contributed by atoms with van der Waals surface area (Å²) in [6.45, 7) is 18.5. The van der Waals surface area contributed by atoms with Gasteiger partial charge in [0.1, 0.15) is 5.60 Å². The van der Waals surface area contributed by atoms with Crippen molar-refractivity contribution in [3.05, 3.63) is 200 Å². The van der Waals surface area contributed by atoms with Gasteiger partial charge in [-0.15, -0.1) is 26.3 Å². The highest BCUT2D eigenvalue weighted by molar-refractivity contribution is 5.81. The highest BCUT2D eigenvalue weighted by Crippen LogP contribution is 2.33. The van der Waals surface area contributed by atoms with Gasteiger partial charge in [-0.1, -0.05) is 121 Å². The number of rotatable bonds is 16. The van der Waals surface area contributed by atoms with Crippen LogP contribution in [0.5, 0.6) is 0 Å². The third-order valence-electron chi connectivity index (χ3n) is 7.51. The highest BCUT2D eigenvalue weighted by Gasteiger charge is 2.28. The SMILES string of the molecule is C=CCN(CC=C)c1ccc(/C(=C/C=C/C(O)(c2ccccc2)c2ccc(N(CC=C)CC=C)cc2)c2ccccc2)cc1. The van der Waals surface area contributed by atoms with Crippen molar-refractivity contribution in [2.75, 3.05) is 36.0 Å². The number of nitrogens with zero attached hydrogens (tertiary/aromatic N) is 2. The summed E-state index contributed by atoms with van der Waals surface area (Å²) in [5.41, 5.74) is 5.63. The summed E-state index contributed by atoms with van der Waals surface area (Å²) >= 11 is 0. The predicted octanol–water partition coefficient (Wildman–Crippen LogP) is 8.97. The Morgan fingerprint density at radius 1 is 0.545 bits per heavy atom. The van der Waals surface area contributed by atoms with Gasteiger partial charge in [-0.25, -0.2) is 0 Å². The van der Waals surface area contributed by atoms with Crippen LogP contribution < -0.4 is 9.80 Å². The molecular formula is C41H42N2O. The average Bonchev–Trinajstić information content (AvgIpc) is 3.07. The van der Waals surface area contributed by atoms with E-state index in [2.05, 4.69) is 78.6 Å². The van der Waals surface area contributed by atoms with E-state index < -0.39 is 5.60 Å². The summed E-state index contributed by atoms with van der Waals surface area (Å²) in [4.78, 5) is 4.39. The highest BCUT2D eigenvalue weighted by atomic mass is 16.3. The number of anilines is 2. The second-order valence-corrected chi connectivity index (χ2v) is 10.5. The third kappa shape index (κ3) is 7.83. The molecule has 0 fully saturated rings. The largest absolute Gasteiger partial charge is 0.377 e. The van der Waals surface area contributed by atoms with Gasteiger partial charge in [0, 0.05) is 37.6 Å². The predicted molar refractivity (Wildman–Crippen MR) is 190 cm³/mol. The van der Waals surface area contributed by atoms with Gasteiger partial charge in [-0.3, -0.25) is 0 Å². The van der Waals surface area contributed by atoms with Crippen LogP contribution in [0.15, 0.2) is 178 Å². The summed E-state index contributed by atoms with van der Waals surface area (Å²) < 4.78 is 0. The summed E-state index contributed by atoms with van der Waals surface area (Å²) in [6.07, 6.45) is 13.5. The van der Waals surface area contributed by atoms with Crippen LogP contribution in [0.4, 0.5) is 11.4 Å². The first-order valence-corrected chi connectivity index (χ1v) is 14.9. The van der Waals surface area contributed by atoms with Gasteiger partial charge in [0.25, 0.3) is 0 Å². The lowest BCUT2D eigenvalue weighted by atomic mass is 9.85. The normalized spacial score (nSPS) is 12.7. The minimum atomic E-state index is -1.33. The van der Waals surface area contributed by atoms with Gasteiger partial charge < -0.3 is 14.9 Å². The summed E-state index contributed by atoms with van der Waals surface area (Å²) in [6, 6.07) is 36.7. The van der Waals surface area contributed by atoms with E-state index in [4.69, 9.17) is 0 Å². The van der Waals surface area contributed by atoms with E-state index in [1.54, 1.807) is 0 Å². The lowest BCUT2D eigenvalue weighted by molar-refractivity contribution is 0.134. The topological polar surface area (TPSA) is 26.7 Å². The standard InChI is InChI=1S/C41H42N2O/c1-5-30-42(31-6-2)38-25-21-35(22-26-38)40(34-16-11-9-12-17-34)20-15-29-41(44,36-18-13-10-14-19-36)37-23-27-39(28-24-37)43(32-7-3)33-8-4/h5-29,44H,1-4,30-33H2/b29-15+,40-20+. The fraction of sp³-hybridized carbons (Fsp3) is 0.122. The first-order chi connectivity index (χ1) is 21.5. The number of hydrogen-bond acceptors (Lipinski definition) is 3. The van der Waals surface area contributed by atoms with Crippen molar-refractivity contribution in [2.24, 2.45) is 0 Å². The minimum Gasteiger partial charge on any atom is -0.377 e. The quantitative estimate of drug-likeness (QED) is 0.106. The van der Waals surface area contributed by atoms with Crippen LogP contribution in [0.1, 0.15) is 22.3 Å². The second kappa shape index (κ2) is 15.9. The fourth-order valence-corrected chi connectivity index (χ4v) is 5.28. The van der Waals surface area contributed by atoms with Crippen LogP contribution in [-0.4, -0.2) is 31.3 Å². The monoisotopic (exact) mass is 578 g/mol. The molecule has 3 heteroatoms. The molecule has 4 rings (SSSR count). The molecule has 0 saturated carbocycles. The van der Waals surface area contributed by atoms with Gasteiger partial charge >= 0.3 is 0 Å². The Kier molecular flexibility index (Phi) is 11.5. The molecule has 4 aromatic rings. The maximum Gasteiger partial charge on any atom is 0.133 e. The molecular weight excluding hydrogens is 536 g/mol. The maximum absolute atomic E-state index is 12.3. The van der Waals surface area contributed by atoms with E-state index in [0.29, 0.717) is 13.1 Å². The molecule has 0 heterocycles. The molecule has 1 unspecified atom stereocenters. The molecule has 0 bridgehead atoms. The van der Waals surface area contributed by atoms with Crippen LogP contribution in [-0.2, 0) is 5.60 Å². The van der Waals surface area contributed by atoms with Crippen LogP contribution in [0.3, 0.4) is 0 Å². The minimum absolute atomic E-state index is 0.711. The van der Waals surface area contributed by atoms with Crippen molar-refractivity contribution < 1.29 is 5.11 Å². The Labute approximate surface area is 263 Å². The molecule has 0 spiro atoms. The van der Waals surface area contributed by atoms with Crippen LogP contribution in [0.25, 0.3) is 5.57 Å². The van der Waals surface area contributed by atoms with Gasteiger partial charge in [-0.05, 0) is 58.2 Å². The lowest BCUT2D eigenvalue weighted by Crippen LogP contribution is -2.26. The van der Waals surface area contributed by atoms with E-state index in [9.17, 15) is 5.11 Å². The Bertz CT molecular complexity index is 1550. The maximum atomic E-state index is 12.3. The Hall–Kier alpha value is -5.12. The first kappa shape index (κ1) is 31.8. The number of allylic oxidation sites excluding steroid dienone is 2. The van der Waals surface area contributed by atoms with E-state index in [-0.39, 0.29) is 0 Å². The van der Waals surface area contributed by atoms with E-state index >= 15 is 0 Å². The molecule has 3 nitrogen and oxygen atoms in total. The van der Waals surface area contributed by atoms with Crippen molar-refractivity contribution in [1.29, 1.82) is 0 Å². The molecule has 0 amide bonds. The van der Waals surface area contributed by atoms with E-state index in [1.807, 2.05) is 109 Å².